The van der Waals surface area contributed by atoms with Crippen LogP contribution in [0.5, 0.6) is 5.75 Å². The monoisotopic (exact) mass is 319 g/mol. The Morgan fingerprint density at radius 3 is 2.57 bits per heavy atom. The molecule has 1 saturated heterocycles. The first kappa shape index (κ1) is 17.8. The molecule has 128 valence electrons. The predicted molar refractivity (Wildman–Crippen MR) is 91.8 cm³/mol. The smallest absolute Gasteiger partial charge is 0.237 e. The standard InChI is InChI=1S/C18H29N3O2/c1-2-3-4-13-23-17-7-5-15(6-8-17)14-21-11-9-16(10-12-21)18(22)20-19/h5-8,16H,2-4,9-14,19H2,1H3,(H,20,22). The fourth-order valence-corrected chi connectivity index (χ4v) is 2.96. The van der Waals surface area contributed by atoms with Crippen LogP contribution in [0.3, 0.4) is 0 Å². The minimum Gasteiger partial charge on any atom is -0.494 e. The highest BCUT2D eigenvalue weighted by atomic mass is 16.5. The van der Waals surface area contributed by atoms with Crippen molar-refractivity contribution >= 4 is 5.91 Å². The van der Waals surface area contributed by atoms with Crippen molar-refractivity contribution in [2.24, 2.45) is 11.8 Å². The van der Waals surface area contributed by atoms with Gasteiger partial charge in [-0.2, -0.15) is 0 Å². The molecular weight excluding hydrogens is 290 g/mol. The topological polar surface area (TPSA) is 67.6 Å². The summed E-state index contributed by atoms with van der Waals surface area (Å²) < 4.78 is 5.74. The van der Waals surface area contributed by atoms with Crippen molar-refractivity contribution < 1.29 is 9.53 Å². The quantitative estimate of drug-likeness (QED) is 0.334. The van der Waals surface area contributed by atoms with Crippen LogP contribution < -0.4 is 16.0 Å². The summed E-state index contributed by atoms with van der Waals surface area (Å²) in [4.78, 5) is 13.9. The van der Waals surface area contributed by atoms with E-state index in [4.69, 9.17) is 10.6 Å². The van der Waals surface area contributed by atoms with E-state index in [9.17, 15) is 4.79 Å². The lowest BCUT2D eigenvalue weighted by Gasteiger charge is -2.30. The van der Waals surface area contributed by atoms with E-state index < -0.39 is 0 Å². The third kappa shape index (κ3) is 5.84. The molecule has 1 aliphatic rings. The van der Waals surface area contributed by atoms with Gasteiger partial charge in [0.15, 0.2) is 0 Å². The van der Waals surface area contributed by atoms with Crippen LogP contribution in [0.15, 0.2) is 24.3 Å². The third-order valence-electron chi connectivity index (χ3n) is 4.45. The van der Waals surface area contributed by atoms with Crippen LogP contribution in [-0.2, 0) is 11.3 Å². The van der Waals surface area contributed by atoms with Gasteiger partial charge >= 0.3 is 0 Å². The number of benzene rings is 1. The summed E-state index contributed by atoms with van der Waals surface area (Å²) in [6.07, 6.45) is 5.30. The Morgan fingerprint density at radius 2 is 1.96 bits per heavy atom. The van der Waals surface area contributed by atoms with Crippen LogP contribution in [-0.4, -0.2) is 30.5 Å². The van der Waals surface area contributed by atoms with E-state index in [2.05, 4.69) is 41.5 Å². The minimum absolute atomic E-state index is 0.0331. The van der Waals surface area contributed by atoms with Crippen LogP contribution >= 0.6 is 0 Å². The lowest BCUT2D eigenvalue weighted by atomic mass is 9.96. The summed E-state index contributed by atoms with van der Waals surface area (Å²) in [6.45, 7) is 5.79. The van der Waals surface area contributed by atoms with E-state index in [1.54, 1.807) is 0 Å². The van der Waals surface area contributed by atoms with Crippen molar-refractivity contribution in [3.8, 4) is 5.75 Å². The first-order valence-corrected chi connectivity index (χ1v) is 8.67. The largest absolute Gasteiger partial charge is 0.494 e. The number of rotatable bonds is 8. The number of nitrogens with zero attached hydrogens (tertiary/aromatic N) is 1. The normalized spacial score (nSPS) is 16.3. The van der Waals surface area contributed by atoms with Gasteiger partial charge in [0.05, 0.1) is 6.61 Å². The van der Waals surface area contributed by atoms with Gasteiger partial charge < -0.3 is 4.74 Å². The highest BCUT2D eigenvalue weighted by molar-refractivity contribution is 5.78. The molecule has 1 heterocycles. The Morgan fingerprint density at radius 1 is 1.26 bits per heavy atom. The van der Waals surface area contributed by atoms with E-state index in [1.807, 2.05) is 0 Å². The molecule has 0 saturated carbocycles. The van der Waals surface area contributed by atoms with Crippen molar-refractivity contribution in [1.29, 1.82) is 0 Å². The molecule has 0 radical (unpaired) electrons. The summed E-state index contributed by atoms with van der Waals surface area (Å²) in [5, 5.41) is 0. The zero-order chi connectivity index (χ0) is 16.5. The van der Waals surface area contributed by atoms with Gasteiger partial charge in [-0.15, -0.1) is 0 Å². The SMILES string of the molecule is CCCCCOc1ccc(CN2CCC(C(=O)NN)CC2)cc1. The number of nitrogens with two attached hydrogens (primary N) is 1. The molecule has 2 rings (SSSR count). The van der Waals surface area contributed by atoms with Crippen LogP contribution in [0.1, 0.15) is 44.6 Å². The number of hydrogen-bond acceptors (Lipinski definition) is 4. The Kier molecular flexibility index (Phi) is 7.36. The second-order valence-corrected chi connectivity index (χ2v) is 6.26. The second kappa shape index (κ2) is 9.53. The lowest BCUT2D eigenvalue weighted by Crippen LogP contribution is -2.42. The zero-order valence-electron chi connectivity index (χ0n) is 14.1. The maximum atomic E-state index is 11.5. The Balaban J connectivity index is 1.73. The van der Waals surface area contributed by atoms with Gasteiger partial charge in [-0.1, -0.05) is 31.9 Å². The minimum atomic E-state index is -0.0331. The van der Waals surface area contributed by atoms with E-state index >= 15 is 0 Å². The van der Waals surface area contributed by atoms with Crippen molar-refractivity contribution in [3.63, 3.8) is 0 Å². The number of piperidine rings is 1. The van der Waals surface area contributed by atoms with Gasteiger partial charge in [-0.05, 0) is 50.0 Å². The number of hydrazine groups is 1. The molecule has 5 heteroatoms. The number of ether oxygens (including phenoxy) is 1. The maximum Gasteiger partial charge on any atom is 0.237 e. The van der Waals surface area contributed by atoms with Gasteiger partial charge in [-0.3, -0.25) is 15.1 Å². The molecule has 23 heavy (non-hydrogen) atoms. The van der Waals surface area contributed by atoms with E-state index in [0.717, 1.165) is 51.3 Å². The first-order chi connectivity index (χ1) is 11.2. The summed E-state index contributed by atoms with van der Waals surface area (Å²) >= 11 is 0. The number of carbonyl (C=O) groups excluding carboxylic acids is 1. The molecule has 1 aliphatic heterocycles. The summed E-state index contributed by atoms with van der Waals surface area (Å²) in [5.74, 6) is 6.18. The molecule has 0 aliphatic carbocycles. The molecule has 1 aromatic carbocycles. The second-order valence-electron chi connectivity index (χ2n) is 6.26. The Bertz CT molecular complexity index is 468. The molecule has 1 amide bonds. The average Bonchev–Trinajstić information content (AvgIpc) is 2.60. The van der Waals surface area contributed by atoms with E-state index in [1.165, 1.54) is 18.4 Å². The molecule has 0 bridgehead atoms. The molecule has 1 fully saturated rings. The van der Waals surface area contributed by atoms with Gasteiger partial charge in [-0.25, -0.2) is 5.84 Å². The highest BCUT2D eigenvalue weighted by Gasteiger charge is 2.24. The molecule has 3 N–H and O–H groups in total. The van der Waals surface area contributed by atoms with Crippen LogP contribution in [0, 0.1) is 5.92 Å². The average molecular weight is 319 g/mol. The third-order valence-corrected chi connectivity index (χ3v) is 4.45. The van der Waals surface area contributed by atoms with Crippen molar-refractivity contribution in [1.82, 2.24) is 10.3 Å². The molecular formula is C18H29N3O2. The molecule has 0 aromatic heterocycles. The van der Waals surface area contributed by atoms with Gasteiger partial charge in [0.25, 0.3) is 0 Å². The summed E-state index contributed by atoms with van der Waals surface area (Å²) in [7, 11) is 0. The molecule has 0 spiro atoms. The predicted octanol–water partition coefficient (Wildman–Crippen LogP) is 2.46. The van der Waals surface area contributed by atoms with Gasteiger partial charge in [0, 0.05) is 12.5 Å². The van der Waals surface area contributed by atoms with Crippen molar-refractivity contribution in [2.45, 2.75) is 45.6 Å². The molecule has 0 unspecified atom stereocenters. The van der Waals surface area contributed by atoms with Crippen LogP contribution in [0.2, 0.25) is 0 Å². The molecule has 1 aromatic rings. The zero-order valence-corrected chi connectivity index (χ0v) is 14.1. The number of nitrogens with one attached hydrogen (secondary N) is 1. The van der Waals surface area contributed by atoms with E-state index in [0.29, 0.717) is 0 Å². The molecule has 0 atom stereocenters. The fraction of sp³-hybridized carbons (Fsp3) is 0.611. The number of amides is 1. The lowest BCUT2D eigenvalue weighted by molar-refractivity contribution is -0.126. The number of carbonyl (C=O) groups is 1. The summed E-state index contributed by atoms with van der Waals surface area (Å²) in [6, 6.07) is 8.37. The van der Waals surface area contributed by atoms with Crippen LogP contribution in [0.4, 0.5) is 0 Å². The summed E-state index contributed by atoms with van der Waals surface area (Å²) in [5.41, 5.74) is 3.54. The fourth-order valence-electron chi connectivity index (χ4n) is 2.96. The van der Waals surface area contributed by atoms with Crippen molar-refractivity contribution in [3.05, 3.63) is 29.8 Å². The number of hydrogen-bond donors (Lipinski definition) is 2. The van der Waals surface area contributed by atoms with Gasteiger partial charge in [0.2, 0.25) is 5.91 Å². The van der Waals surface area contributed by atoms with E-state index in [-0.39, 0.29) is 11.8 Å². The molecule has 5 nitrogen and oxygen atoms in total. The Hall–Kier alpha value is -1.59. The highest BCUT2D eigenvalue weighted by Crippen LogP contribution is 2.20. The maximum absolute atomic E-state index is 11.5. The number of unbranched alkanes of at least 4 members (excludes halogenated alkanes) is 2. The van der Waals surface area contributed by atoms with Gasteiger partial charge in [0.1, 0.15) is 5.75 Å². The number of likely N-dealkylation sites (tertiary alicyclic amines) is 1. The first-order valence-electron chi connectivity index (χ1n) is 8.67. The van der Waals surface area contributed by atoms with Crippen molar-refractivity contribution in [2.75, 3.05) is 19.7 Å². The van der Waals surface area contributed by atoms with Crippen LogP contribution in [0.25, 0.3) is 0 Å². The Labute approximate surface area is 139 Å².